The van der Waals surface area contributed by atoms with Crippen molar-refractivity contribution in [3.05, 3.63) is 0 Å². The molecule has 0 aromatic carbocycles. The van der Waals surface area contributed by atoms with Crippen LogP contribution in [0.15, 0.2) is 0 Å². The van der Waals surface area contributed by atoms with E-state index in [-0.39, 0.29) is 0 Å². The highest BCUT2D eigenvalue weighted by molar-refractivity contribution is 7.91. The van der Waals surface area contributed by atoms with E-state index < -0.39 is 14.8 Å². The number of hydrogen-bond donors (Lipinski definition) is 1. The smallest absolute Gasteiger partial charge is 0.211 e. The van der Waals surface area contributed by atoms with Crippen LogP contribution in [0.1, 0.15) is 20.8 Å². The number of halogens is 1. The molecule has 0 spiro atoms. The molecule has 56 valence electrons. The molecule has 0 saturated carbocycles. The SMILES string of the molecule is CC(C)(C)S(=O)(=O)NCl. The Bertz CT molecular complexity index is 179. The van der Waals surface area contributed by atoms with Gasteiger partial charge in [0.1, 0.15) is 0 Å². The molecule has 0 aliphatic rings. The van der Waals surface area contributed by atoms with Crippen LogP contribution in [0.2, 0.25) is 0 Å². The molecule has 1 N–H and O–H groups in total. The summed E-state index contributed by atoms with van der Waals surface area (Å²) in [5.41, 5.74) is 0. The molecule has 5 heteroatoms. The molecule has 0 amide bonds. The summed E-state index contributed by atoms with van der Waals surface area (Å²) >= 11 is 4.94. The summed E-state index contributed by atoms with van der Waals surface area (Å²) in [5.74, 6) is 0. The molecular formula is C4H10ClNO2S. The maximum Gasteiger partial charge on any atom is 0.229 e. The monoisotopic (exact) mass is 171 g/mol. The van der Waals surface area contributed by atoms with E-state index in [0.29, 0.717) is 0 Å². The fourth-order valence-electron chi connectivity index (χ4n) is 0.116. The zero-order valence-electron chi connectivity index (χ0n) is 5.60. The number of rotatable bonds is 1. The van der Waals surface area contributed by atoms with Crippen molar-refractivity contribution in [3.8, 4) is 0 Å². The van der Waals surface area contributed by atoms with Gasteiger partial charge in [0.15, 0.2) is 0 Å². The minimum atomic E-state index is -3.32. The van der Waals surface area contributed by atoms with Crippen molar-refractivity contribution in [3.63, 3.8) is 0 Å². The van der Waals surface area contributed by atoms with E-state index in [0.717, 1.165) is 0 Å². The molecule has 0 bridgehead atoms. The van der Waals surface area contributed by atoms with Crippen molar-refractivity contribution in [1.29, 1.82) is 0 Å². The second-order valence-corrected chi connectivity index (χ2v) is 5.54. The van der Waals surface area contributed by atoms with Crippen LogP contribution in [0.25, 0.3) is 0 Å². The van der Waals surface area contributed by atoms with Gasteiger partial charge in [-0.25, -0.2) is 8.42 Å². The second kappa shape index (κ2) is 2.44. The zero-order chi connectivity index (χ0) is 7.71. The summed E-state index contributed by atoms with van der Waals surface area (Å²) in [6.45, 7) is 4.70. The molecule has 0 rings (SSSR count). The van der Waals surface area contributed by atoms with Crippen LogP contribution >= 0.6 is 11.8 Å². The molecule has 0 aromatic heterocycles. The van der Waals surface area contributed by atoms with Crippen molar-refractivity contribution < 1.29 is 8.42 Å². The molecule has 0 aliphatic carbocycles. The van der Waals surface area contributed by atoms with E-state index in [9.17, 15) is 8.42 Å². The van der Waals surface area contributed by atoms with Crippen molar-refractivity contribution in [2.45, 2.75) is 25.5 Å². The lowest BCUT2D eigenvalue weighted by atomic mass is 10.3. The molecule has 0 aliphatic heterocycles. The van der Waals surface area contributed by atoms with E-state index in [1.807, 2.05) is 0 Å². The van der Waals surface area contributed by atoms with Crippen LogP contribution in [-0.4, -0.2) is 13.2 Å². The molecule has 0 radical (unpaired) electrons. The van der Waals surface area contributed by atoms with E-state index in [2.05, 4.69) is 0 Å². The van der Waals surface area contributed by atoms with Gasteiger partial charge in [-0.3, -0.25) is 0 Å². The standard InChI is InChI=1S/C4H10ClNO2S/c1-4(2,3)9(7,8)6-5/h6H,1-3H3. The largest absolute Gasteiger partial charge is 0.229 e. The van der Waals surface area contributed by atoms with Gasteiger partial charge >= 0.3 is 0 Å². The average molecular weight is 172 g/mol. The van der Waals surface area contributed by atoms with Crippen LogP contribution in [0.4, 0.5) is 0 Å². The van der Waals surface area contributed by atoms with Crippen molar-refractivity contribution in [2.75, 3.05) is 0 Å². The second-order valence-electron chi connectivity index (χ2n) is 2.69. The van der Waals surface area contributed by atoms with Gasteiger partial charge in [-0.1, -0.05) is 0 Å². The van der Waals surface area contributed by atoms with Crippen LogP contribution in [0, 0.1) is 0 Å². The molecule has 0 atom stereocenters. The lowest BCUT2D eigenvalue weighted by molar-refractivity contribution is 0.558. The summed E-state index contributed by atoms with van der Waals surface area (Å²) in [6.07, 6.45) is 0. The number of nitrogens with one attached hydrogen (secondary N) is 1. The lowest BCUT2D eigenvalue weighted by Crippen LogP contribution is -2.34. The maximum atomic E-state index is 10.8. The minimum Gasteiger partial charge on any atom is -0.211 e. The third-order valence-electron chi connectivity index (χ3n) is 0.908. The first-order chi connectivity index (χ1) is 3.81. The molecule has 0 unspecified atom stereocenters. The topological polar surface area (TPSA) is 46.2 Å². The van der Waals surface area contributed by atoms with E-state index in [4.69, 9.17) is 11.8 Å². The highest BCUT2D eigenvalue weighted by atomic mass is 35.5. The average Bonchev–Trinajstić information content (AvgIpc) is 1.64. The minimum absolute atomic E-state index is 0.825. The van der Waals surface area contributed by atoms with E-state index in [1.54, 1.807) is 25.0 Å². The summed E-state index contributed by atoms with van der Waals surface area (Å²) in [5, 5.41) is 0. The Morgan fingerprint density at radius 2 is 1.67 bits per heavy atom. The molecule has 9 heavy (non-hydrogen) atoms. The van der Waals surface area contributed by atoms with Crippen LogP contribution < -0.4 is 4.24 Å². The van der Waals surface area contributed by atoms with Gasteiger partial charge in [0.2, 0.25) is 10.0 Å². The normalized spacial score (nSPS) is 13.8. The molecule has 0 fully saturated rings. The molecular weight excluding hydrogens is 162 g/mol. The van der Waals surface area contributed by atoms with Gasteiger partial charge in [0, 0.05) is 0 Å². The highest BCUT2D eigenvalue weighted by Gasteiger charge is 2.27. The van der Waals surface area contributed by atoms with Crippen molar-refractivity contribution in [2.24, 2.45) is 0 Å². The quantitative estimate of drug-likeness (QED) is 0.595. The highest BCUT2D eigenvalue weighted by Crippen LogP contribution is 2.12. The zero-order valence-corrected chi connectivity index (χ0v) is 7.18. The van der Waals surface area contributed by atoms with E-state index >= 15 is 0 Å². The lowest BCUT2D eigenvalue weighted by Gasteiger charge is -2.15. The first-order valence-corrected chi connectivity index (χ1v) is 4.29. The van der Waals surface area contributed by atoms with Crippen molar-refractivity contribution in [1.82, 2.24) is 4.24 Å². The fourth-order valence-corrected chi connectivity index (χ4v) is 1.04. The predicted octanol–water partition coefficient (Wildman–Crippen LogP) is 0.858. The van der Waals surface area contributed by atoms with Gasteiger partial charge < -0.3 is 0 Å². The Hall–Kier alpha value is 0.200. The Labute approximate surface area is 60.6 Å². The van der Waals surface area contributed by atoms with Gasteiger partial charge in [-0.15, -0.1) is 4.24 Å². The number of sulfonamides is 1. The van der Waals surface area contributed by atoms with Gasteiger partial charge in [0.05, 0.1) is 4.75 Å². The van der Waals surface area contributed by atoms with Crippen molar-refractivity contribution >= 4 is 21.8 Å². The maximum absolute atomic E-state index is 10.8. The first-order valence-electron chi connectivity index (χ1n) is 2.43. The third-order valence-corrected chi connectivity index (χ3v) is 3.33. The first kappa shape index (κ1) is 9.20. The Morgan fingerprint density at radius 3 is 1.67 bits per heavy atom. The Kier molecular flexibility index (Phi) is 2.49. The molecule has 0 heterocycles. The van der Waals surface area contributed by atoms with Crippen LogP contribution in [0.3, 0.4) is 0 Å². The Morgan fingerprint density at radius 1 is 1.33 bits per heavy atom. The number of hydrogen-bond acceptors (Lipinski definition) is 2. The van der Waals surface area contributed by atoms with Crippen LogP contribution in [-0.2, 0) is 10.0 Å². The summed E-state index contributed by atoms with van der Waals surface area (Å²) < 4.78 is 22.5. The van der Waals surface area contributed by atoms with Crippen LogP contribution in [0.5, 0.6) is 0 Å². The molecule has 3 nitrogen and oxygen atoms in total. The molecule has 0 saturated heterocycles. The predicted molar refractivity (Wildman–Crippen MR) is 37.7 cm³/mol. The van der Waals surface area contributed by atoms with Gasteiger partial charge in [-0.2, -0.15) is 0 Å². The Balaban J connectivity index is 4.57. The fraction of sp³-hybridized carbons (Fsp3) is 1.00. The third kappa shape index (κ3) is 2.12. The van der Waals surface area contributed by atoms with Gasteiger partial charge in [0.25, 0.3) is 0 Å². The summed E-state index contributed by atoms with van der Waals surface area (Å²) in [4.78, 5) is 0. The summed E-state index contributed by atoms with van der Waals surface area (Å²) in [6, 6.07) is 0. The van der Waals surface area contributed by atoms with Gasteiger partial charge in [-0.05, 0) is 32.5 Å². The summed E-state index contributed by atoms with van der Waals surface area (Å²) in [7, 11) is -3.32. The molecule has 0 aromatic rings. The van der Waals surface area contributed by atoms with E-state index in [1.165, 1.54) is 0 Å².